The normalized spacial score (nSPS) is 16.5. The van der Waals surface area contributed by atoms with Crippen LogP contribution in [0.15, 0.2) is 41.5 Å². The van der Waals surface area contributed by atoms with Gasteiger partial charge in [0.2, 0.25) is 0 Å². The highest BCUT2D eigenvalue weighted by atomic mass is 32.1. The SMILES string of the molecule is C=CCNC(=NCC(c1cccs1)N1CCOCC1)NCCn1cnnc1CC. The van der Waals surface area contributed by atoms with Crippen LogP contribution < -0.4 is 10.6 Å². The Labute approximate surface area is 176 Å². The third-order valence-corrected chi connectivity index (χ3v) is 5.82. The third-order valence-electron chi connectivity index (χ3n) is 4.85. The molecule has 2 aromatic rings. The second-order valence-electron chi connectivity index (χ2n) is 6.76. The summed E-state index contributed by atoms with van der Waals surface area (Å²) >= 11 is 1.79. The van der Waals surface area contributed by atoms with Crippen molar-refractivity contribution in [1.82, 2.24) is 30.3 Å². The Hall–Kier alpha value is -2.23. The predicted molar refractivity (Wildman–Crippen MR) is 117 cm³/mol. The highest BCUT2D eigenvalue weighted by Crippen LogP contribution is 2.26. The minimum atomic E-state index is 0.269. The molecule has 3 heterocycles. The van der Waals surface area contributed by atoms with Gasteiger partial charge in [0.05, 0.1) is 25.8 Å². The minimum absolute atomic E-state index is 0.269. The maximum atomic E-state index is 5.53. The molecule has 1 fully saturated rings. The van der Waals surface area contributed by atoms with Crippen molar-refractivity contribution in [2.24, 2.45) is 4.99 Å². The molecule has 0 radical (unpaired) electrons. The molecule has 0 saturated carbocycles. The summed E-state index contributed by atoms with van der Waals surface area (Å²) < 4.78 is 7.60. The van der Waals surface area contributed by atoms with Gasteiger partial charge in [-0.3, -0.25) is 9.89 Å². The zero-order chi connectivity index (χ0) is 20.3. The van der Waals surface area contributed by atoms with Crippen molar-refractivity contribution in [3.8, 4) is 0 Å². The highest BCUT2D eigenvalue weighted by Gasteiger charge is 2.23. The van der Waals surface area contributed by atoms with Crippen LogP contribution in [0.1, 0.15) is 23.7 Å². The number of aromatic nitrogens is 3. The van der Waals surface area contributed by atoms with Gasteiger partial charge in [-0.25, -0.2) is 0 Å². The van der Waals surface area contributed by atoms with Crippen LogP contribution in [0.5, 0.6) is 0 Å². The van der Waals surface area contributed by atoms with E-state index in [1.807, 2.05) is 6.08 Å². The van der Waals surface area contributed by atoms with Gasteiger partial charge in [-0.05, 0) is 11.4 Å². The number of nitrogens with zero attached hydrogens (tertiary/aromatic N) is 5. The lowest BCUT2D eigenvalue weighted by molar-refractivity contribution is 0.0186. The number of hydrogen-bond donors (Lipinski definition) is 2. The molecule has 158 valence electrons. The number of thiophene rings is 1. The number of hydrogen-bond acceptors (Lipinski definition) is 6. The molecule has 0 spiro atoms. The molecule has 3 rings (SSSR count). The molecular formula is C20H31N7OS. The predicted octanol–water partition coefficient (Wildman–Crippen LogP) is 1.70. The Kier molecular flexibility index (Phi) is 8.66. The Bertz CT molecular complexity index is 753. The lowest BCUT2D eigenvalue weighted by Crippen LogP contribution is -2.42. The highest BCUT2D eigenvalue weighted by molar-refractivity contribution is 7.10. The van der Waals surface area contributed by atoms with E-state index in [2.05, 4.69) is 61.3 Å². The molecule has 9 heteroatoms. The molecule has 0 aromatic carbocycles. The molecular weight excluding hydrogens is 386 g/mol. The Morgan fingerprint density at radius 2 is 2.28 bits per heavy atom. The Morgan fingerprint density at radius 3 is 3.00 bits per heavy atom. The van der Waals surface area contributed by atoms with Crippen molar-refractivity contribution in [1.29, 1.82) is 0 Å². The third kappa shape index (κ3) is 6.38. The lowest BCUT2D eigenvalue weighted by Gasteiger charge is -2.33. The molecule has 2 aromatic heterocycles. The number of guanidine groups is 1. The van der Waals surface area contributed by atoms with Crippen LogP contribution >= 0.6 is 11.3 Å². The molecule has 1 saturated heterocycles. The second kappa shape index (κ2) is 11.7. The van der Waals surface area contributed by atoms with E-state index in [-0.39, 0.29) is 6.04 Å². The Balaban J connectivity index is 1.62. The molecule has 8 nitrogen and oxygen atoms in total. The van der Waals surface area contributed by atoms with Crippen LogP contribution in [0.4, 0.5) is 0 Å². The fraction of sp³-hybridized carbons (Fsp3) is 0.550. The zero-order valence-electron chi connectivity index (χ0n) is 17.1. The molecule has 1 aliphatic rings. The maximum absolute atomic E-state index is 5.53. The summed E-state index contributed by atoms with van der Waals surface area (Å²) in [6.45, 7) is 12.2. The number of aryl methyl sites for hydroxylation is 1. The summed E-state index contributed by atoms with van der Waals surface area (Å²) in [4.78, 5) is 8.69. The maximum Gasteiger partial charge on any atom is 0.191 e. The first-order valence-electron chi connectivity index (χ1n) is 10.2. The summed E-state index contributed by atoms with van der Waals surface area (Å²) in [5.74, 6) is 1.79. The van der Waals surface area contributed by atoms with Gasteiger partial charge in [0.1, 0.15) is 12.2 Å². The monoisotopic (exact) mass is 417 g/mol. The smallest absolute Gasteiger partial charge is 0.191 e. The molecule has 1 aliphatic heterocycles. The largest absolute Gasteiger partial charge is 0.379 e. The Morgan fingerprint density at radius 1 is 1.41 bits per heavy atom. The van der Waals surface area contributed by atoms with Gasteiger partial charge in [-0.2, -0.15) is 0 Å². The van der Waals surface area contributed by atoms with Crippen molar-refractivity contribution >= 4 is 17.3 Å². The standard InChI is InChI=1S/C20H31N7OS/c1-3-7-21-20(22-8-9-27-16-24-25-19(27)4-2)23-15-17(18-6-5-14-29-18)26-10-12-28-13-11-26/h3,5-6,14,16-17H,1,4,7-13,15H2,2H3,(H2,21,22,23). The van der Waals surface area contributed by atoms with E-state index >= 15 is 0 Å². The zero-order valence-corrected chi connectivity index (χ0v) is 17.9. The summed E-state index contributed by atoms with van der Waals surface area (Å²) in [5, 5.41) is 17.0. The van der Waals surface area contributed by atoms with Gasteiger partial charge in [0.25, 0.3) is 0 Å². The van der Waals surface area contributed by atoms with E-state index in [4.69, 9.17) is 9.73 Å². The molecule has 1 unspecified atom stereocenters. The van der Waals surface area contributed by atoms with Crippen LogP contribution in [0.2, 0.25) is 0 Å². The molecule has 2 N–H and O–H groups in total. The summed E-state index contributed by atoms with van der Waals surface area (Å²) in [5.41, 5.74) is 0. The number of morpholine rings is 1. The van der Waals surface area contributed by atoms with E-state index in [9.17, 15) is 0 Å². The van der Waals surface area contributed by atoms with E-state index in [0.29, 0.717) is 13.1 Å². The first kappa shape index (κ1) is 21.5. The summed E-state index contributed by atoms with van der Waals surface area (Å²) in [7, 11) is 0. The van der Waals surface area contributed by atoms with E-state index in [1.54, 1.807) is 17.7 Å². The van der Waals surface area contributed by atoms with Gasteiger partial charge in [-0.15, -0.1) is 28.1 Å². The van der Waals surface area contributed by atoms with Crippen molar-refractivity contribution in [2.45, 2.75) is 25.9 Å². The topological polar surface area (TPSA) is 79.6 Å². The molecule has 0 bridgehead atoms. The molecule has 29 heavy (non-hydrogen) atoms. The van der Waals surface area contributed by atoms with Crippen molar-refractivity contribution in [3.63, 3.8) is 0 Å². The number of ether oxygens (including phenoxy) is 1. The van der Waals surface area contributed by atoms with Gasteiger partial charge in [0, 0.05) is 44.0 Å². The van der Waals surface area contributed by atoms with Crippen molar-refractivity contribution in [2.75, 3.05) is 45.9 Å². The van der Waals surface area contributed by atoms with Gasteiger partial charge < -0.3 is 19.9 Å². The van der Waals surface area contributed by atoms with Crippen LogP contribution in [-0.4, -0.2) is 71.6 Å². The number of rotatable bonds is 10. The fourth-order valence-corrected chi connectivity index (χ4v) is 4.16. The average Bonchev–Trinajstić information content (AvgIpc) is 3.44. The fourth-order valence-electron chi connectivity index (χ4n) is 3.31. The molecule has 0 amide bonds. The first-order valence-corrected chi connectivity index (χ1v) is 11.0. The van der Waals surface area contributed by atoms with E-state index in [0.717, 1.165) is 57.6 Å². The van der Waals surface area contributed by atoms with Crippen LogP contribution in [0.25, 0.3) is 0 Å². The number of aliphatic imine (C=N–C) groups is 1. The minimum Gasteiger partial charge on any atom is -0.379 e. The van der Waals surface area contributed by atoms with Gasteiger partial charge in [0.15, 0.2) is 5.96 Å². The van der Waals surface area contributed by atoms with Gasteiger partial charge >= 0.3 is 0 Å². The van der Waals surface area contributed by atoms with Crippen molar-refractivity contribution in [3.05, 3.63) is 47.2 Å². The van der Waals surface area contributed by atoms with Crippen LogP contribution in [0.3, 0.4) is 0 Å². The van der Waals surface area contributed by atoms with E-state index < -0.39 is 0 Å². The summed E-state index contributed by atoms with van der Waals surface area (Å²) in [6.07, 6.45) is 4.49. The lowest BCUT2D eigenvalue weighted by atomic mass is 10.2. The number of nitrogens with one attached hydrogen (secondary N) is 2. The average molecular weight is 418 g/mol. The van der Waals surface area contributed by atoms with Crippen molar-refractivity contribution < 1.29 is 4.74 Å². The molecule has 1 atom stereocenters. The summed E-state index contributed by atoms with van der Waals surface area (Å²) in [6, 6.07) is 4.57. The quantitative estimate of drug-likeness (QED) is 0.348. The van der Waals surface area contributed by atoms with Gasteiger partial charge in [-0.1, -0.05) is 19.1 Å². The van der Waals surface area contributed by atoms with Crippen LogP contribution in [0, 0.1) is 0 Å². The van der Waals surface area contributed by atoms with E-state index in [1.165, 1.54) is 4.88 Å². The first-order chi connectivity index (χ1) is 14.3. The van der Waals surface area contributed by atoms with Crippen LogP contribution in [-0.2, 0) is 17.7 Å². The molecule has 0 aliphatic carbocycles. The second-order valence-corrected chi connectivity index (χ2v) is 7.74.